The van der Waals surface area contributed by atoms with Crippen molar-refractivity contribution in [3.05, 3.63) is 78.5 Å². The van der Waals surface area contributed by atoms with Gasteiger partial charge in [-0.15, -0.1) is 0 Å². The molecule has 124 valence electrons. The second-order valence-electron chi connectivity index (χ2n) is 5.17. The Balaban J connectivity index is 1.73. The van der Waals surface area contributed by atoms with E-state index >= 15 is 0 Å². The number of hydrogen-bond donors (Lipinski definition) is 2. The summed E-state index contributed by atoms with van der Waals surface area (Å²) in [4.78, 5) is 4.37. The van der Waals surface area contributed by atoms with Crippen LogP contribution in [0.15, 0.2) is 77.8 Å². The van der Waals surface area contributed by atoms with Crippen molar-refractivity contribution < 1.29 is 8.42 Å². The van der Waals surface area contributed by atoms with Gasteiger partial charge in [0.1, 0.15) is 5.82 Å². The molecule has 1 aromatic heterocycles. The molecule has 6 nitrogen and oxygen atoms in total. The smallest absolute Gasteiger partial charge is 0.261 e. The zero-order valence-corrected chi connectivity index (χ0v) is 13.9. The SMILES string of the molecule is N#Cc1cccc(Nc2ccc(NS(=O)(=O)c3ccccc3)cn2)c1. The molecule has 0 atom stereocenters. The summed E-state index contributed by atoms with van der Waals surface area (Å²) >= 11 is 0. The number of nitrogens with one attached hydrogen (secondary N) is 2. The molecular weight excluding hydrogens is 336 g/mol. The Hall–Kier alpha value is -3.37. The fraction of sp³-hybridized carbons (Fsp3) is 0. The first-order chi connectivity index (χ1) is 12.1. The van der Waals surface area contributed by atoms with Crippen LogP contribution in [0.1, 0.15) is 5.56 Å². The van der Waals surface area contributed by atoms with Crippen LogP contribution >= 0.6 is 0 Å². The number of hydrogen-bond acceptors (Lipinski definition) is 5. The molecule has 0 amide bonds. The molecule has 1 heterocycles. The van der Waals surface area contributed by atoms with Gasteiger partial charge in [-0.2, -0.15) is 5.26 Å². The van der Waals surface area contributed by atoms with E-state index in [1.54, 1.807) is 48.5 Å². The van der Waals surface area contributed by atoms with E-state index in [1.165, 1.54) is 18.3 Å². The lowest BCUT2D eigenvalue weighted by Crippen LogP contribution is -2.13. The Morgan fingerprint density at radius 3 is 2.40 bits per heavy atom. The summed E-state index contributed by atoms with van der Waals surface area (Å²) < 4.78 is 27.0. The Morgan fingerprint density at radius 1 is 0.920 bits per heavy atom. The Labute approximate surface area is 145 Å². The Bertz CT molecular complexity index is 1010. The van der Waals surface area contributed by atoms with Crippen LogP contribution in [0.25, 0.3) is 0 Å². The van der Waals surface area contributed by atoms with Crippen molar-refractivity contribution in [1.29, 1.82) is 5.26 Å². The molecule has 0 bridgehead atoms. The first kappa shape index (κ1) is 16.5. The van der Waals surface area contributed by atoms with E-state index < -0.39 is 10.0 Å². The Kier molecular flexibility index (Phi) is 4.64. The highest BCUT2D eigenvalue weighted by molar-refractivity contribution is 7.92. The van der Waals surface area contributed by atoms with Gasteiger partial charge in [0.05, 0.1) is 28.4 Å². The highest BCUT2D eigenvalue weighted by Crippen LogP contribution is 2.19. The van der Waals surface area contributed by atoms with Crippen LogP contribution in [-0.2, 0) is 10.0 Å². The first-order valence-corrected chi connectivity index (χ1v) is 8.86. The van der Waals surface area contributed by atoms with Gasteiger partial charge in [-0.05, 0) is 42.5 Å². The molecular formula is C18H14N4O2S. The van der Waals surface area contributed by atoms with Gasteiger partial charge < -0.3 is 5.32 Å². The van der Waals surface area contributed by atoms with Gasteiger partial charge >= 0.3 is 0 Å². The number of sulfonamides is 1. The van der Waals surface area contributed by atoms with Crippen LogP contribution in [0.4, 0.5) is 17.2 Å². The maximum Gasteiger partial charge on any atom is 0.261 e. The molecule has 7 heteroatoms. The van der Waals surface area contributed by atoms with Crippen LogP contribution in [0.3, 0.4) is 0 Å². The van der Waals surface area contributed by atoms with Crippen molar-refractivity contribution in [2.75, 3.05) is 10.0 Å². The predicted octanol–water partition coefficient (Wildman–Crippen LogP) is 3.50. The standard InChI is InChI=1S/C18H14N4O2S/c19-12-14-5-4-6-15(11-14)21-18-10-9-16(13-20-18)22-25(23,24)17-7-2-1-3-8-17/h1-11,13,22H,(H,20,21). The molecule has 3 rings (SSSR count). The molecule has 0 radical (unpaired) electrons. The molecule has 25 heavy (non-hydrogen) atoms. The van der Waals surface area contributed by atoms with Crippen molar-refractivity contribution in [2.24, 2.45) is 0 Å². The number of nitriles is 1. The lowest BCUT2D eigenvalue weighted by atomic mass is 10.2. The zero-order valence-electron chi connectivity index (χ0n) is 13.0. The molecule has 0 aliphatic carbocycles. The van der Waals surface area contributed by atoms with Gasteiger partial charge in [-0.1, -0.05) is 24.3 Å². The van der Waals surface area contributed by atoms with Gasteiger partial charge in [0.2, 0.25) is 0 Å². The lowest BCUT2D eigenvalue weighted by molar-refractivity contribution is 0.601. The highest BCUT2D eigenvalue weighted by atomic mass is 32.2. The minimum Gasteiger partial charge on any atom is -0.340 e. The minimum atomic E-state index is -3.64. The van der Waals surface area contributed by atoms with E-state index in [2.05, 4.69) is 21.1 Å². The van der Waals surface area contributed by atoms with Crippen molar-refractivity contribution in [3.63, 3.8) is 0 Å². The van der Waals surface area contributed by atoms with Gasteiger partial charge in [0.15, 0.2) is 0 Å². The summed E-state index contributed by atoms with van der Waals surface area (Å²) in [7, 11) is -3.64. The molecule has 0 saturated heterocycles. The number of aromatic nitrogens is 1. The first-order valence-electron chi connectivity index (χ1n) is 7.38. The van der Waals surface area contributed by atoms with E-state index in [4.69, 9.17) is 5.26 Å². The van der Waals surface area contributed by atoms with Crippen molar-refractivity contribution in [2.45, 2.75) is 4.90 Å². The fourth-order valence-electron chi connectivity index (χ4n) is 2.16. The molecule has 0 spiro atoms. The number of benzene rings is 2. The molecule has 0 saturated carbocycles. The van der Waals surface area contributed by atoms with Crippen LogP contribution < -0.4 is 10.0 Å². The third-order valence-electron chi connectivity index (χ3n) is 3.33. The molecule has 2 aromatic carbocycles. The lowest BCUT2D eigenvalue weighted by Gasteiger charge is -2.09. The number of pyridine rings is 1. The van der Waals surface area contributed by atoms with E-state index in [0.717, 1.165) is 5.69 Å². The zero-order chi connectivity index (χ0) is 17.7. The largest absolute Gasteiger partial charge is 0.340 e. The summed E-state index contributed by atoms with van der Waals surface area (Å²) in [6.45, 7) is 0. The van der Waals surface area contributed by atoms with Crippen molar-refractivity contribution in [3.8, 4) is 6.07 Å². The van der Waals surface area contributed by atoms with Crippen molar-refractivity contribution in [1.82, 2.24) is 4.98 Å². The topological polar surface area (TPSA) is 94.9 Å². The summed E-state index contributed by atoms with van der Waals surface area (Å²) in [5.74, 6) is 0.540. The summed E-state index contributed by atoms with van der Waals surface area (Å²) in [5.41, 5.74) is 1.63. The van der Waals surface area contributed by atoms with Gasteiger partial charge in [-0.3, -0.25) is 4.72 Å². The van der Waals surface area contributed by atoms with E-state index in [1.807, 2.05) is 6.07 Å². The molecule has 0 fully saturated rings. The minimum absolute atomic E-state index is 0.186. The van der Waals surface area contributed by atoms with Crippen LogP contribution in [0.2, 0.25) is 0 Å². The average Bonchev–Trinajstić information content (AvgIpc) is 2.64. The van der Waals surface area contributed by atoms with E-state index in [0.29, 0.717) is 17.1 Å². The third kappa shape index (κ3) is 4.13. The highest BCUT2D eigenvalue weighted by Gasteiger charge is 2.13. The summed E-state index contributed by atoms with van der Waals surface area (Å²) in [6, 6.07) is 20.4. The Morgan fingerprint density at radius 2 is 1.72 bits per heavy atom. The molecule has 0 aliphatic heterocycles. The van der Waals surface area contributed by atoms with Gasteiger partial charge in [0.25, 0.3) is 10.0 Å². The monoisotopic (exact) mass is 350 g/mol. The third-order valence-corrected chi connectivity index (χ3v) is 4.73. The molecule has 0 aliphatic rings. The maximum atomic E-state index is 12.3. The van der Waals surface area contributed by atoms with Crippen LogP contribution in [0, 0.1) is 11.3 Å². The number of anilines is 3. The van der Waals surface area contributed by atoms with Crippen molar-refractivity contribution >= 4 is 27.2 Å². The maximum absolute atomic E-state index is 12.3. The van der Waals surface area contributed by atoms with E-state index in [-0.39, 0.29) is 4.90 Å². The molecule has 2 N–H and O–H groups in total. The summed E-state index contributed by atoms with van der Waals surface area (Å²) in [6.07, 6.45) is 1.43. The normalized spacial score (nSPS) is 10.7. The van der Waals surface area contributed by atoms with Crippen LogP contribution in [0.5, 0.6) is 0 Å². The van der Waals surface area contributed by atoms with Gasteiger partial charge in [-0.25, -0.2) is 13.4 Å². The van der Waals surface area contributed by atoms with E-state index in [9.17, 15) is 8.42 Å². The second-order valence-corrected chi connectivity index (χ2v) is 6.85. The fourth-order valence-corrected chi connectivity index (χ4v) is 3.22. The van der Waals surface area contributed by atoms with Crippen LogP contribution in [-0.4, -0.2) is 13.4 Å². The quantitative estimate of drug-likeness (QED) is 0.734. The molecule has 3 aromatic rings. The summed E-state index contributed by atoms with van der Waals surface area (Å²) in [5, 5.41) is 12.0. The average molecular weight is 350 g/mol. The molecule has 0 unspecified atom stereocenters. The second kappa shape index (κ2) is 7.03. The number of rotatable bonds is 5. The number of nitrogens with zero attached hydrogens (tertiary/aromatic N) is 2. The van der Waals surface area contributed by atoms with Gasteiger partial charge in [0, 0.05) is 5.69 Å². The predicted molar refractivity (Wildman–Crippen MR) is 95.9 cm³/mol.